The molecular weight excluding hydrogens is 306 g/mol. The number of carbonyl (C=O) groups excluding carboxylic acids is 1. The molecule has 128 valence electrons. The van der Waals surface area contributed by atoms with Gasteiger partial charge in [-0.05, 0) is 30.2 Å². The van der Waals surface area contributed by atoms with E-state index in [4.69, 9.17) is 9.47 Å². The van der Waals surface area contributed by atoms with Crippen LogP contribution in [-0.2, 0) is 4.79 Å². The summed E-state index contributed by atoms with van der Waals surface area (Å²) in [6.07, 6.45) is 2.13. The topological polar surface area (TPSA) is 72.5 Å². The van der Waals surface area contributed by atoms with Crippen LogP contribution in [0.25, 0.3) is 0 Å². The Morgan fingerprint density at radius 3 is 2.54 bits per heavy atom. The first-order valence-corrected chi connectivity index (χ1v) is 7.76. The number of anilines is 3. The Morgan fingerprint density at radius 1 is 1.17 bits per heavy atom. The Balaban J connectivity index is 2.07. The normalized spacial score (nSPS) is 10.4. The fourth-order valence-electron chi connectivity index (χ4n) is 2.17. The summed E-state index contributed by atoms with van der Waals surface area (Å²) >= 11 is 0. The standard InChI is InChI=1S/C18H23N3O3/c1-12(2)9-18(22)21-17-8-5-13(11-19-17)20-15-10-14(23-3)6-7-16(15)24-4/h5-8,10-12,20H,9H2,1-4H3,(H,19,21,22). The van der Waals surface area contributed by atoms with Gasteiger partial charge in [-0.1, -0.05) is 13.8 Å². The van der Waals surface area contributed by atoms with Crippen molar-refractivity contribution < 1.29 is 14.3 Å². The second-order valence-electron chi connectivity index (χ2n) is 5.77. The van der Waals surface area contributed by atoms with Gasteiger partial charge < -0.3 is 20.1 Å². The molecule has 1 heterocycles. The van der Waals surface area contributed by atoms with Gasteiger partial charge in [0.15, 0.2) is 0 Å². The summed E-state index contributed by atoms with van der Waals surface area (Å²) in [4.78, 5) is 16.0. The highest BCUT2D eigenvalue weighted by Gasteiger charge is 2.08. The number of aromatic nitrogens is 1. The van der Waals surface area contributed by atoms with Crippen molar-refractivity contribution in [2.75, 3.05) is 24.9 Å². The maximum absolute atomic E-state index is 11.8. The van der Waals surface area contributed by atoms with Crippen molar-refractivity contribution in [3.63, 3.8) is 0 Å². The van der Waals surface area contributed by atoms with Crippen LogP contribution in [0.3, 0.4) is 0 Å². The second-order valence-corrected chi connectivity index (χ2v) is 5.77. The molecule has 0 bridgehead atoms. The SMILES string of the molecule is COc1ccc(OC)c(Nc2ccc(NC(=O)CC(C)C)nc2)c1. The minimum atomic E-state index is -0.0346. The van der Waals surface area contributed by atoms with Crippen LogP contribution in [0.15, 0.2) is 36.5 Å². The van der Waals surface area contributed by atoms with E-state index < -0.39 is 0 Å². The summed E-state index contributed by atoms with van der Waals surface area (Å²) in [7, 11) is 3.22. The van der Waals surface area contributed by atoms with Gasteiger partial charge in [0, 0.05) is 12.5 Å². The van der Waals surface area contributed by atoms with E-state index >= 15 is 0 Å². The lowest BCUT2D eigenvalue weighted by Gasteiger charge is -2.13. The smallest absolute Gasteiger partial charge is 0.225 e. The Morgan fingerprint density at radius 2 is 1.96 bits per heavy atom. The number of amides is 1. The number of ether oxygens (including phenoxy) is 2. The monoisotopic (exact) mass is 329 g/mol. The molecule has 1 amide bonds. The number of pyridine rings is 1. The van der Waals surface area contributed by atoms with Gasteiger partial charge in [-0.2, -0.15) is 0 Å². The van der Waals surface area contributed by atoms with Gasteiger partial charge in [0.05, 0.1) is 31.8 Å². The van der Waals surface area contributed by atoms with Crippen molar-refractivity contribution >= 4 is 23.1 Å². The average molecular weight is 329 g/mol. The molecule has 0 spiro atoms. The van der Waals surface area contributed by atoms with Crippen LogP contribution in [0.2, 0.25) is 0 Å². The van der Waals surface area contributed by atoms with Crippen LogP contribution in [0.1, 0.15) is 20.3 Å². The van der Waals surface area contributed by atoms with E-state index in [1.807, 2.05) is 38.1 Å². The minimum Gasteiger partial charge on any atom is -0.497 e. The van der Waals surface area contributed by atoms with E-state index in [1.54, 1.807) is 26.5 Å². The van der Waals surface area contributed by atoms with Gasteiger partial charge in [-0.15, -0.1) is 0 Å². The van der Waals surface area contributed by atoms with Crippen LogP contribution in [-0.4, -0.2) is 25.1 Å². The molecule has 2 rings (SSSR count). The second kappa shape index (κ2) is 8.19. The molecule has 1 aromatic heterocycles. The molecule has 0 fully saturated rings. The largest absolute Gasteiger partial charge is 0.497 e. The van der Waals surface area contributed by atoms with E-state index in [0.29, 0.717) is 23.9 Å². The molecule has 0 saturated heterocycles. The number of nitrogens with zero attached hydrogens (tertiary/aromatic N) is 1. The molecule has 0 unspecified atom stereocenters. The minimum absolute atomic E-state index is 0.0346. The number of rotatable bonds is 7. The highest BCUT2D eigenvalue weighted by molar-refractivity contribution is 5.90. The molecule has 0 saturated carbocycles. The third kappa shape index (κ3) is 4.87. The molecule has 0 aliphatic heterocycles. The number of nitrogens with one attached hydrogen (secondary N) is 2. The van der Waals surface area contributed by atoms with Gasteiger partial charge in [0.1, 0.15) is 17.3 Å². The number of hydrogen-bond acceptors (Lipinski definition) is 5. The van der Waals surface area contributed by atoms with Crippen molar-refractivity contribution in [2.24, 2.45) is 5.92 Å². The summed E-state index contributed by atoms with van der Waals surface area (Å²) < 4.78 is 10.6. The fourth-order valence-corrected chi connectivity index (χ4v) is 2.17. The van der Waals surface area contributed by atoms with Gasteiger partial charge >= 0.3 is 0 Å². The Hall–Kier alpha value is -2.76. The summed E-state index contributed by atoms with van der Waals surface area (Å²) in [6, 6.07) is 9.10. The van der Waals surface area contributed by atoms with Crippen LogP contribution in [0, 0.1) is 5.92 Å². The zero-order chi connectivity index (χ0) is 17.5. The molecule has 0 atom stereocenters. The fraction of sp³-hybridized carbons (Fsp3) is 0.333. The van der Waals surface area contributed by atoms with Crippen molar-refractivity contribution in [3.05, 3.63) is 36.5 Å². The summed E-state index contributed by atoms with van der Waals surface area (Å²) in [6.45, 7) is 4.00. The molecule has 6 heteroatoms. The number of benzene rings is 1. The lowest BCUT2D eigenvalue weighted by molar-refractivity contribution is -0.116. The van der Waals surface area contributed by atoms with E-state index in [-0.39, 0.29) is 5.91 Å². The van der Waals surface area contributed by atoms with Crippen molar-refractivity contribution in [1.82, 2.24) is 4.98 Å². The molecule has 24 heavy (non-hydrogen) atoms. The van der Waals surface area contributed by atoms with Crippen LogP contribution in [0.4, 0.5) is 17.2 Å². The average Bonchev–Trinajstić information content (AvgIpc) is 2.55. The molecule has 0 aliphatic rings. The predicted molar refractivity (Wildman–Crippen MR) is 95.2 cm³/mol. The summed E-state index contributed by atoms with van der Waals surface area (Å²) in [5.41, 5.74) is 1.55. The van der Waals surface area contributed by atoms with E-state index in [1.165, 1.54) is 0 Å². The third-order valence-electron chi connectivity index (χ3n) is 3.31. The van der Waals surface area contributed by atoms with E-state index in [0.717, 1.165) is 17.1 Å². The van der Waals surface area contributed by atoms with Gasteiger partial charge in [-0.3, -0.25) is 4.79 Å². The number of hydrogen-bond donors (Lipinski definition) is 2. The third-order valence-corrected chi connectivity index (χ3v) is 3.31. The number of methoxy groups -OCH3 is 2. The highest BCUT2D eigenvalue weighted by atomic mass is 16.5. The Kier molecular flexibility index (Phi) is 6.01. The van der Waals surface area contributed by atoms with Gasteiger partial charge in [-0.25, -0.2) is 4.98 Å². The maximum atomic E-state index is 11.8. The van der Waals surface area contributed by atoms with Crippen molar-refractivity contribution in [2.45, 2.75) is 20.3 Å². The Bertz CT molecular complexity index is 684. The van der Waals surface area contributed by atoms with Crippen molar-refractivity contribution in [3.8, 4) is 11.5 Å². The van der Waals surface area contributed by atoms with Crippen molar-refractivity contribution in [1.29, 1.82) is 0 Å². The maximum Gasteiger partial charge on any atom is 0.225 e. The first kappa shape index (κ1) is 17.6. The van der Waals surface area contributed by atoms with Gasteiger partial charge in [0.2, 0.25) is 5.91 Å². The molecule has 0 radical (unpaired) electrons. The number of carbonyl (C=O) groups is 1. The molecule has 6 nitrogen and oxygen atoms in total. The first-order valence-electron chi connectivity index (χ1n) is 7.76. The van der Waals surface area contributed by atoms with Crippen LogP contribution < -0.4 is 20.1 Å². The molecule has 1 aromatic carbocycles. The van der Waals surface area contributed by atoms with Gasteiger partial charge in [0.25, 0.3) is 0 Å². The predicted octanol–water partition coefficient (Wildman–Crippen LogP) is 3.83. The Labute approximate surface area is 142 Å². The molecule has 2 aromatic rings. The lowest BCUT2D eigenvalue weighted by Crippen LogP contribution is -2.14. The molecule has 2 N–H and O–H groups in total. The summed E-state index contributed by atoms with van der Waals surface area (Å²) in [5, 5.41) is 6.01. The zero-order valence-corrected chi connectivity index (χ0v) is 14.4. The quantitative estimate of drug-likeness (QED) is 0.808. The molecular formula is C18H23N3O3. The highest BCUT2D eigenvalue weighted by Crippen LogP contribution is 2.31. The first-order chi connectivity index (χ1) is 11.5. The van der Waals surface area contributed by atoms with Crippen LogP contribution in [0.5, 0.6) is 11.5 Å². The van der Waals surface area contributed by atoms with E-state index in [9.17, 15) is 4.79 Å². The molecule has 0 aliphatic carbocycles. The van der Waals surface area contributed by atoms with E-state index in [2.05, 4.69) is 15.6 Å². The lowest BCUT2D eigenvalue weighted by atomic mass is 10.1. The summed E-state index contributed by atoms with van der Waals surface area (Å²) in [5.74, 6) is 2.23. The zero-order valence-electron chi connectivity index (χ0n) is 14.4. The van der Waals surface area contributed by atoms with Crippen LogP contribution >= 0.6 is 0 Å².